The Morgan fingerprint density at radius 1 is 1.21 bits per heavy atom. The highest BCUT2D eigenvalue weighted by Gasteiger charge is 2.08. The van der Waals surface area contributed by atoms with Crippen LogP contribution >= 0.6 is 11.6 Å². The van der Waals surface area contributed by atoms with Gasteiger partial charge in [0.1, 0.15) is 0 Å². The number of carbonyl (C=O) groups excluding carboxylic acids is 2. The molecule has 2 N–H and O–H groups in total. The predicted molar refractivity (Wildman–Crippen MR) is 91.0 cm³/mol. The van der Waals surface area contributed by atoms with Crippen molar-refractivity contribution in [3.05, 3.63) is 64.4 Å². The number of benzene rings is 1. The van der Waals surface area contributed by atoms with Gasteiger partial charge >= 0.3 is 6.09 Å². The van der Waals surface area contributed by atoms with Crippen LogP contribution in [0.5, 0.6) is 0 Å². The van der Waals surface area contributed by atoms with Crippen molar-refractivity contribution < 1.29 is 14.3 Å². The number of nitrogens with zero attached hydrogens (tertiary/aromatic N) is 1. The first kappa shape index (κ1) is 17.7. The van der Waals surface area contributed by atoms with Crippen LogP contribution in [0.15, 0.2) is 42.6 Å². The average Bonchev–Trinajstić information content (AvgIpc) is 2.61. The number of halogens is 1. The number of hydrogen-bond acceptors (Lipinski definition) is 4. The number of nitrogens with one attached hydrogen (secondary N) is 2. The Morgan fingerprint density at radius 2 is 2.00 bits per heavy atom. The summed E-state index contributed by atoms with van der Waals surface area (Å²) in [5.74, 6) is -0.205. The lowest BCUT2D eigenvalue weighted by Gasteiger charge is -2.08. The molecule has 1 aromatic carbocycles. The molecule has 126 valence electrons. The molecular formula is C17H18ClN3O3. The van der Waals surface area contributed by atoms with Gasteiger partial charge in [0.15, 0.2) is 0 Å². The molecule has 2 amide bonds. The summed E-state index contributed by atoms with van der Waals surface area (Å²) < 4.78 is 4.49. The zero-order valence-corrected chi connectivity index (χ0v) is 14.0. The molecule has 1 aromatic heterocycles. The van der Waals surface area contributed by atoms with Crippen molar-refractivity contribution in [1.82, 2.24) is 15.6 Å². The lowest BCUT2D eigenvalue weighted by molar-refractivity contribution is 0.0954. The molecule has 2 rings (SSSR count). The summed E-state index contributed by atoms with van der Waals surface area (Å²) in [7, 11) is 1.28. The van der Waals surface area contributed by atoms with Crippen molar-refractivity contribution in [2.45, 2.75) is 13.0 Å². The van der Waals surface area contributed by atoms with Crippen molar-refractivity contribution in [1.29, 1.82) is 0 Å². The topological polar surface area (TPSA) is 80.3 Å². The van der Waals surface area contributed by atoms with Gasteiger partial charge in [0, 0.05) is 23.3 Å². The Bertz CT molecular complexity index is 722. The summed E-state index contributed by atoms with van der Waals surface area (Å²) in [6.07, 6.45) is 1.62. The first-order valence-electron chi connectivity index (χ1n) is 7.38. The van der Waals surface area contributed by atoms with Gasteiger partial charge in [-0.1, -0.05) is 29.8 Å². The quantitative estimate of drug-likeness (QED) is 0.841. The van der Waals surface area contributed by atoms with E-state index in [9.17, 15) is 9.59 Å². The van der Waals surface area contributed by atoms with Gasteiger partial charge in [0.25, 0.3) is 5.91 Å². The third-order valence-electron chi connectivity index (χ3n) is 3.32. The zero-order valence-electron chi connectivity index (χ0n) is 13.2. The highest BCUT2D eigenvalue weighted by Crippen LogP contribution is 2.14. The minimum Gasteiger partial charge on any atom is -0.453 e. The molecule has 0 saturated heterocycles. The maximum absolute atomic E-state index is 12.2. The normalized spacial score (nSPS) is 10.1. The minimum atomic E-state index is -0.550. The minimum absolute atomic E-state index is 0.188. The zero-order chi connectivity index (χ0) is 17.4. The molecule has 0 fully saturated rings. The summed E-state index contributed by atoms with van der Waals surface area (Å²) in [6, 6.07) is 10.8. The van der Waals surface area contributed by atoms with Crippen LogP contribution in [0.2, 0.25) is 5.02 Å². The first-order valence-corrected chi connectivity index (χ1v) is 7.76. The fourth-order valence-corrected chi connectivity index (χ4v) is 2.30. The van der Waals surface area contributed by atoms with Crippen molar-refractivity contribution in [2.24, 2.45) is 0 Å². The van der Waals surface area contributed by atoms with Crippen LogP contribution < -0.4 is 10.6 Å². The molecule has 0 bridgehead atoms. The third kappa shape index (κ3) is 5.24. The number of aromatic nitrogens is 1. The number of amides is 2. The molecule has 7 heteroatoms. The van der Waals surface area contributed by atoms with Crippen LogP contribution in [-0.2, 0) is 17.7 Å². The Kier molecular flexibility index (Phi) is 6.57. The van der Waals surface area contributed by atoms with Gasteiger partial charge in [-0.3, -0.25) is 9.78 Å². The highest BCUT2D eigenvalue weighted by atomic mass is 35.5. The van der Waals surface area contributed by atoms with Crippen molar-refractivity contribution >= 4 is 23.6 Å². The molecule has 24 heavy (non-hydrogen) atoms. The Labute approximate surface area is 145 Å². The second-order valence-corrected chi connectivity index (χ2v) is 5.39. The van der Waals surface area contributed by atoms with E-state index in [-0.39, 0.29) is 12.5 Å². The number of alkyl carbamates (subject to hydrolysis) is 1. The van der Waals surface area contributed by atoms with Crippen LogP contribution in [0.1, 0.15) is 21.6 Å². The van der Waals surface area contributed by atoms with Crippen molar-refractivity contribution in [3.8, 4) is 0 Å². The Hall–Kier alpha value is -2.60. The molecule has 1 heterocycles. The van der Waals surface area contributed by atoms with E-state index < -0.39 is 6.09 Å². The fraction of sp³-hybridized carbons (Fsp3) is 0.235. The van der Waals surface area contributed by atoms with Gasteiger partial charge < -0.3 is 15.4 Å². The number of hydrogen-bond donors (Lipinski definition) is 2. The maximum Gasteiger partial charge on any atom is 0.407 e. The van der Waals surface area contributed by atoms with E-state index in [1.54, 1.807) is 12.1 Å². The molecule has 0 aliphatic carbocycles. The highest BCUT2D eigenvalue weighted by molar-refractivity contribution is 6.31. The molecule has 2 aromatic rings. The largest absolute Gasteiger partial charge is 0.453 e. The third-order valence-corrected chi connectivity index (χ3v) is 3.68. The van der Waals surface area contributed by atoms with E-state index in [2.05, 4.69) is 20.4 Å². The summed E-state index contributed by atoms with van der Waals surface area (Å²) in [5, 5.41) is 6.04. The van der Waals surface area contributed by atoms with Crippen LogP contribution in [0, 0.1) is 0 Å². The second-order valence-electron chi connectivity index (χ2n) is 4.98. The van der Waals surface area contributed by atoms with Crippen molar-refractivity contribution in [3.63, 3.8) is 0 Å². The maximum atomic E-state index is 12.2. The number of rotatable bonds is 6. The average molecular weight is 348 g/mol. The van der Waals surface area contributed by atoms with Crippen LogP contribution in [0.4, 0.5) is 4.79 Å². The van der Waals surface area contributed by atoms with E-state index in [1.165, 1.54) is 13.3 Å². The predicted octanol–water partition coefficient (Wildman–Crippen LogP) is 2.56. The Balaban J connectivity index is 1.88. The molecule has 0 spiro atoms. The van der Waals surface area contributed by atoms with Crippen LogP contribution in [0.25, 0.3) is 0 Å². The number of ether oxygens (including phenoxy) is 1. The van der Waals surface area contributed by atoms with E-state index in [0.717, 1.165) is 5.56 Å². The molecule has 0 unspecified atom stereocenters. The van der Waals surface area contributed by atoms with Gasteiger partial charge in [-0.05, 0) is 30.2 Å². The van der Waals surface area contributed by atoms with Gasteiger partial charge in [-0.2, -0.15) is 0 Å². The molecular weight excluding hydrogens is 330 g/mol. The summed E-state index contributed by atoms with van der Waals surface area (Å²) in [4.78, 5) is 27.3. The van der Waals surface area contributed by atoms with Gasteiger partial charge in [-0.25, -0.2) is 4.79 Å². The van der Waals surface area contributed by atoms with E-state index in [4.69, 9.17) is 11.6 Å². The molecule has 0 atom stereocenters. The lowest BCUT2D eigenvalue weighted by atomic mass is 10.1. The number of methoxy groups -OCH3 is 1. The van der Waals surface area contributed by atoms with Crippen LogP contribution in [-0.4, -0.2) is 30.6 Å². The Morgan fingerprint density at radius 3 is 2.75 bits per heavy atom. The summed E-state index contributed by atoms with van der Waals surface area (Å²) >= 11 is 6.08. The van der Waals surface area contributed by atoms with Gasteiger partial charge in [0.05, 0.1) is 19.3 Å². The smallest absolute Gasteiger partial charge is 0.407 e. The van der Waals surface area contributed by atoms with Crippen LogP contribution in [0.3, 0.4) is 0 Å². The monoisotopic (exact) mass is 347 g/mol. The van der Waals surface area contributed by atoms with Gasteiger partial charge in [0.2, 0.25) is 0 Å². The number of carbonyl (C=O) groups is 2. The molecule has 6 nitrogen and oxygen atoms in total. The SMILES string of the molecule is COC(=O)NCc1cc(C(=O)NCCc2ccccc2Cl)ccn1. The van der Waals surface area contributed by atoms with Gasteiger partial charge in [-0.15, -0.1) is 0 Å². The van der Waals surface area contributed by atoms with E-state index >= 15 is 0 Å². The standard InChI is InChI=1S/C17H18ClN3O3/c1-24-17(23)21-11-14-10-13(7-8-19-14)16(22)20-9-6-12-4-2-3-5-15(12)18/h2-5,7-8,10H,6,9,11H2,1H3,(H,20,22)(H,21,23). The second kappa shape index (κ2) is 8.88. The lowest BCUT2D eigenvalue weighted by Crippen LogP contribution is -2.26. The fourth-order valence-electron chi connectivity index (χ4n) is 2.06. The molecule has 0 saturated carbocycles. The summed E-state index contributed by atoms with van der Waals surface area (Å²) in [5.41, 5.74) is 2.03. The van der Waals surface area contributed by atoms with Crippen molar-refractivity contribution in [2.75, 3.05) is 13.7 Å². The first-order chi connectivity index (χ1) is 11.6. The molecule has 0 aliphatic heterocycles. The summed E-state index contributed by atoms with van der Waals surface area (Å²) in [6.45, 7) is 0.661. The van der Waals surface area contributed by atoms with E-state index in [0.29, 0.717) is 29.2 Å². The molecule has 0 radical (unpaired) electrons. The van der Waals surface area contributed by atoms with E-state index in [1.807, 2.05) is 24.3 Å². The number of pyridine rings is 1. The molecule has 0 aliphatic rings.